The van der Waals surface area contributed by atoms with Gasteiger partial charge in [-0.05, 0) is 15.9 Å². The van der Waals surface area contributed by atoms with Crippen LogP contribution in [0.2, 0.25) is 0 Å². The molecule has 0 spiro atoms. The lowest BCUT2D eigenvalue weighted by Gasteiger charge is -1.96. The van der Waals surface area contributed by atoms with Gasteiger partial charge in [0.1, 0.15) is 0 Å². The first-order valence-electron chi connectivity index (χ1n) is 2.64. The fourth-order valence-corrected chi connectivity index (χ4v) is 1.76. The van der Waals surface area contributed by atoms with Crippen molar-refractivity contribution in [3.05, 3.63) is 15.0 Å². The minimum Gasteiger partial charge on any atom is -0.321 e. The van der Waals surface area contributed by atoms with Crippen LogP contribution in [0.5, 0.6) is 0 Å². The maximum atomic E-state index is 5.13. The Morgan fingerprint density at radius 2 is 2.55 bits per heavy atom. The number of nitrogens with one attached hydrogen (secondary N) is 1. The van der Waals surface area contributed by atoms with Gasteiger partial charge in [0.25, 0.3) is 0 Å². The molecule has 60 valence electrons. The number of hydrazine groups is 1. The van der Waals surface area contributed by atoms with E-state index in [1.54, 1.807) is 6.20 Å². The minimum absolute atomic E-state index is 0.424. The number of hydrogen-bond acceptors (Lipinski definition) is 5. The molecule has 5 N–H and O–H groups in total. The second-order valence-corrected chi connectivity index (χ2v) is 3.91. The number of nitrogens with two attached hydrogens (primary N) is 2. The van der Waals surface area contributed by atoms with Gasteiger partial charge >= 0.3 is 0 Å². The Morgan fingerprint density at radius 1 is 1.82 bits per heavy atom. The van der Waals surface area contributed by atoms with E-state index in [9.17, 15) is 0 Å². The number of hydrazone groups is 1. The number of amidine groups is 1. The molecule has 0 unspecified atom stereocenters. The number of thiazole rings is 1. The first kappa shape index (κ1) is 8.44. The van der Waals surface area contributed by atoms with Crippen LogP contribution in [0.4, 0.5) is 0 Å². The van der Waals surface area contributed by atoms with Crippen molar-refractivity contribution in [2.75, 3.05) is 0 Å². The third-order valence-electron chi connectivity index (χ3n) is 0.977. The molecule has 0 atom stereocenters. The average molecular weight is 236 g/mol. The summed E-state index contributed by atoms with van der Waals surface area (Å²) in [6.07, 6.45) is 1.63. The third kappa shape index (κ3) is 1.88. The maximum absolute atomic E-state index is 5.13. The van der Waals surface area contributed by atoms with Gasteiger partial charge < -0.3 is 11.3 Å². The number of rotatable bonds is 1. The van der Waals surface area contributed by atoms with Crippen molar-refractivity contribution in [3.8, 4) is 0 Å². The fourth-order valence-electron chi connectivity index (χ4n) is 0.534. The zero-order valence-corrected chi connectivity index (χ0v) is 7.82. The van der Waals surface area contributed by atoms with Crippen LogP contribution < -0.4 is 17.1 Å². The Morgan fingerprint density at radius 3 is 2.91 bits per heavy atom. The van der Waals surface area contributed by atoms with Crippen molar-refractivity contribution >= 4 is 33.1 Å². The highest BCUT2D eigenvalue weighted by molar-refractivity contribution is 9.11. The Labute approximate surface area is 75.6 Å². The Hall–Kier alpha value is -0.660. The molecule has 0 aliphatic carbocycles. The molecule has 1 aromatic heterocycles. The van der Waals surface area contributed by atoms with Crippen LogP contribution in [-0.4, -0.2) is 10.8 Å². The summed E-state index contributed by atoms with van der Waals surface area (Å²) in [7, 11) is 0. The van der Waals surface area contributed by atoms with E-state index >= 15 is 0 Å². The maximum Gasteiger partial charge on any atom is 0.178 e. The van der Waals surface area contributed by atoms with Gasteiger partial charge in [-0.1, -0.05) is 0 Å². The first-order chi connectivity index (χ1) is 5.27. The molecule has 0 radical (unpaired) electrons. The topological polar surface area (TPSA) is 89.3 Å². The van der Waals surface area contributed by atoms with Crippen LogP contribution in [0.3, 0.4) is 0 Å². The standard InChI is InChI=1S/C4H6BrN5S/c5-4-8-1-2(11-4)3(9-6)10-7/h1H,6-7H2,(H,9,10). The highest BCUT2D eigenvalue weighted by Crippen LogP contribution is 2.17. The number of halogens is 1. The summed E-state index contributed by atoms with van der Waals surface area (Å²) in [5.41, 5.74) is 2.36. The van der Waals surface area contributed by atoms with Gasteiger partial charge in [0.05, 0.1) is 11.1 Å². The molecular formula is C4H6BrN5S. The normalized spacial score (nSPS) is 11.6. The van der Waals surface area contributed by atoms with Gasteiger partial charge in [0.2, 0.25) is 0 Å². The molecule has 0 aromatic carbocycles. The highest BCUT2D eigenvalue weighted by atomic mass is 79.9. The molecule has 0 fully saturated rings. The second-order valence-electron chi connectivity index (χ2n) is 1.60. The van der Waals surface area contributed by atoms with Gasteiger partial charge in [0, 0.05) is 0 Å². The zero-order chi connectivity index (χ0) is 8.27. The molecule has 1 heterocycles. The molecule has 0 aliphatic heterocycles. The van der Waals surface area contributed by atoms with Gasteiger partial charge in [-0.3, -0.25) is 0 Å². The van der Waals surface area contributed by atoms with Crippen LogP contribution in [0.1, 0.15) is 4.88 Å². The zero-order valence-electron chi connectivity index (χ0n) is 5.41. The lowest BCUT2D eigenvalue weighted by molar-refractivity contribution is 1.01. The molecule has 1 aromatic rings. The van der Waals surface area contributed by atoms with E-state index in [0.29, 0.717) is 5.84 Å². The Bertz CT molecular complexity index is 269. The van der Waals surface area contributed by atoms with Crippen LogP contribution >= 0.6 is 27.3 Å². The van der Waals surface area contributed by atoms with Crippen LogP contribution in [0.15, 0.2) is 15.2 Å². The third-order valence-corrected chi connectivity index (χ3v) is 2.46. The predicted octanol–water partition coefficient (Wildman–Crippen LogP) is -0.0108. The van der Waals surface area contributed by atoms with E-state index in [0.717, 1.165) is 8.79 Å². The smallest absolute Gasteiger partial charge is 0.178 e. The molecule has 0 aliphatic rings. The summed E-state index contributed by atoms with van der Waals surface area (Å²) in [5.74, 6) is 10.6. The largest absolute Gasteiger partial charge is 0.321 e. The summed E-state index contributed by atoms with van der Waals surface area (Å²) < 4.78 is 0.768. The molecule has 0 saturated heterocycles. The lowest BCUT2D eigenvalue weighted by atomic mass is 10.5. The lowest BCUT2D eigenvalue weighted by Crippen LogP contribution is -2.31. The van der Waals surface area contributed by atoms with E-state index < -0.39 is 0 Å². The van der Waals surface area contributed by atoms with Crippen molar-refractivity contribution in [2.24, 2.45) is 16.8 Å². The van der Waals surface area contributed by atoms with E-state index in [4.69, 9.17) is 11.7 Å². The molecular weight excluding hydrogens is 230 g/mol. The van der Waals surface area contributed by atoms with Crippen LogP contribution in [-0.2, 0) is 0 Å². The summed E-state index contributed by atoms with van der Waals surface area (Å²) in [6, 6.07) is 0. The molecule has 5 nitrogen and oxygen atoms in total. The van der Waals surface area contributed by atoms with Crippen molar-refractivity contribution in [1.82, 2.24) is 10.4 Å². The van der Waals surface area contributed by atoms with Crippen LogP contribution in [0.25, 0.3) is 0 Å². The molecule has 0 saturated carbocycles. The molecule has 0 amide bonds. The van der Waals surface area contributed by atoms with Crippen molar-refractivity contribution in [3.63, 3.8) is 0 Å². The number of nitrogens with zero attached hydrogens (tertiary/aromatic N) is 2. The van der Waals surface area contributed by atoms with Gasteiger partial charge in [-0.15, -0.1) is 11.3 Å². The number of hydrogen-bond donors (Lipinski definition) is 3. The first-order valence-corrected chi connectivity index (χ1v) is 4.25. The van der Waals surface area contributed by atoms with E-state index in [1.165, 1.54) is 11.3 Å². The predicted molar refractivity (Wildman–Crippen MR) is 47.9 cm³/mol. The molecule has 7 heteroatoms. The molecule has 1 rings (SSSR count). The van der Waals surface area contributed by atoms with E-state index in [-0.39, 0.29) is 0 Å². The van der Waals surface area contributed by atoms with Crippen LogP contribution in [0, 0.1) is 0 Å². The van der Waals surface area contributed by atoms with Crippen molar-refractivity contribution < 1.29 is 0 Å². The molecule has 11 heavy (non-hydrogen) atoms. The second kappa shape index (κ2) is 3.65. The summed E-state index contributed by atoms with van der Waals surface area (Å²) >= 11 is 4.60. The van der Waals surface area contributed by atoms with Gasteiger partial charge in [0.15, 0.2) is 9.75 Å². The van der Waals surface area contributed by atoms with E-state index in [1.807, 2.05) is 0 Å². The molecule has 0 bridgehead atoms. The number of aromatic nitrogens is 1. The quantitative estimate of drug-likeness (QED) is 0.277. The van der Waals surface area contributed by atoms with E-state index in [2.05, 4.69) is 31.4 Å². The Balaban J connectivity index is 2.91. The monoisotopic (exact) mass is 235 g/mol. The SMILES string of the molecule is N/N=C(\NN)c1cnc(Br)s1. The minimum atomic E-state index is 0.424. The summed E-state index contributed by atoms with van der Waals surface area (Å²) in [6.45, 7) is 0. The summed E-state index contributed by atoms with van der Waals surface area (Å²) in [5, 5.41) is 3.42. The summed E-state index contributed by atoms with van der Waals surface area (Å²) in [4.78, 5) is 4.73. The van der Waals surface area contributed by atoms with Gasteiger partial charge in [-0.2, -0.15) is 5.10 Å². The van der Waals surface area contributed by atoms with Crippen molar-refractivity contribution in [2.45, 2.75) is 0 Å². The average Bonchev–Trinajstić information content (AvgIpc) is 2.39. The van der Waals surface area contributed by atoms with Gasteiger partial charge in [-0.25, -0.2) is 10.8 Å². The highest BCUT2D eigenvalue weighted by Gasteiger charge is 2.04. The fraction of sp³-hybridized carbons (Fsp3) is 0. The van der Waals surface area contributed by atoms with Crippen molar-refractivity contribution in [1.29, 1.82) is 0 Å². The Kier molecular flexibility index (Phi) is 2.80.